The van der Waals surface area contributed by atoms with Crippen molar-refractivity contribution in [3.8, 4) is 0 Å². The molecule has 0 saturated heterocycles. The van der Waals surface area contributed by atoms with Gasteiger partial charge < -0.3 is 26.6 Å². The summed E-state index contributed by atoms with van der Waals surface area (Å²) in [4.78, 5) is 99.4. The fraction of sp³-hybridized carbons (Fsp3) is 0.676. The summed E-state index contributed by atoms with van der Waals surface area (Å²) in [5.74, 6) is -6.13. The van der Waals surface area contributed by atoms with Gasteiger partial charge in [0.2, 0.25) is 33.5 Å². The Balaban J connectivity index is 2.25. The summed E-state index contributed by atoms with van der Waals surface area (Å²) >= 11 is 0. The molecule has 0 radical (unpaired) electrons. The van der Waals surface area contributed by atoms with E-state index in [1.54, 1.807) is 18.6 Å². The largest absolute Gasteiger partial charge is 0.344 e. The molecule has 6 amide bonds. The van der Waals surface area contributed by atoms with Crippen LogP contribution in [0.4, 0.5) is 0 Å². The van der Waals surface area contributed by atoms with Crippen LogP contribution < -0.4 is 31.3 Å². The number of aromatic nitrogens is 2. The standard InChI is InChI=1S/C34H54N8O9S/c1-7-21(5)28(41-31(46)24(16-20(3)4)39-32(47)26-18-35-14-15-36-26)33(48)40-25(17-22-12-10-9-11-13-22)30(45)38-23(8-2)29(44)34(49)37-19-27(43)42-52(6,50)51/h14-15,18,20-25,28H,7-13,16-17,19H2,1-6H3,(H,37,49)(H,38,45)(H,39,47)(H,40,48)(H,41,46)(H,42,43)/t21-,23?,24-,25-,28-/m0/s1. The molecule has 1 unspecified atom stereocenters. The monoisotopic (exact) mass is 750 g/mol. The molecule has 290 valence electrons. The highest BCUT2D eigenvalue weighted by Gasteiger charge is 2.35. The van der Waals surface area contributed by atoms with Crippen LogP contribution in [0.2, 0.25) is 0 Å². The van der Waals surface area contributed by atoms with Crippen LogP contribution in [0.25, 0.3) is 0 Å². The van der Waals surface area contributed by atoms with Gasteiger partial charge >= 0.3 is 0 Å². The first-order valence-electron chi connectivity index (χ1n) is 17.8. The zero-order valence-electron chi connectivity index (χ0n) is 30.8. The van der Waals surface area contributed by atoms with E-state index in [0.29, 0.717) is 6.42 Å². The highest BCUT2D eigenvalue weighted by molar-refractivity contribution is 7.89. The molecule has 18 heteroatoms. The van der Waals surface area contributed by atoms with Crippen molar-refractivity contribution in [3.63, 3.8) is 0 Å². The van der Waals surface area contributed by atoms with Crippen molar-refractivity contribution < 1.29 is 42.0 Å². The number of rotatable bonds is 20. The third-order valence-electron chi connectivity index (χ3n) is 8.82. The lowest BCUT2D eigenvalue weighted by Gasteiger charge is -2.31. The van der Waals surface area contributed by atoms with E-state index in [-0.39, 0.29) is 42.7 Å². The first-order valence-corrected chi connectivity index (χ1v) is 19.6. The van der Waals surface area contributed by atoms with Crippen LogP contribution in [0, 0.1) is 17.8 Å². The normalized spacial score (nSPS) is 16.3. The van der Waals surface area contributed by atoms with E-state index in [4.69, 9.17) is 0 Å². The summed E-state index contributed by atoms with van der Waals surface area (Å²) in [6, 6.07) is -4.52. The van der Waals surface area contributed by atoms with Gasteiger partial charge in [0.05, 0.1) is 25.0 Å². The van der Waals surface area contributed by atoms with E-state index in [1.807, 2.05) is 20.8 Å². The summed E-state index contributed by atoms with van der Waals surface area (Å²) in [5, 5.41) is 12.9. The SMILES string of the molecule is CCC(NC(=O)[C@H](CC1CCCCC1)NC(=O)[C@@H](NC(=O)[C@H](CC(C)C)NC(=O)c1cnccn1)[C@@H](C)CC)C(=O)C(=O)NCC(=O)NS(C)(=O)=O. The molecule has 1 saturated carbocycles. The molecule has 1 aliphatic rings. The number of hydrogen-bond donors (Lipinski definition) is 6. The van der Waals surface area contributed by atoms with Crippen LogP contribution in [-0.4, -0.2) is 96.6 Å². The molecule has 1 heterocycles. The number of ketones is 1. The van der Waals surface area contributed by atoms with Gasteiger partial charge in [0.25, 0.3) is 17.7 Å². The Morgan fingerprint density at radius 2 is 1.44 bits per heavy atom. The summed E-state index contributed by atoms with van der Waals surface area (Å²) < 4.78 is 24.2. The minimum atomic E-state index is -3.88. The second kappa shape index (κ2) is 21.1. The molecule has 2 rings (SSSR count). The predicted molar refractivity (Wildman–Crippen MR) is 190 cm³/mol. The molecule has 5 atom stereocenters. The van der Waals surface area contributed by atoms with E-state index in [1.165, 1.54) is 18.6 Å². The molecule has 1 aliphatic carbocycles. The molecular formula is C34H54N8O9S. The molecule has 0 spiro atoms. The third-order valence-corrected chi connectivity index (χ3v) is 9.42. The van der Waals surface area contributed by atoms with Crippen molar-refractivity contribution in [1.29, 1.82) is 0 Å². The van der Waals surface area contributed by atoms with Gasteiger partial charge in [0.15, 0.2) is 0 Å². The Hall–Kier alpha value is -4.48. The van der Waals surface area contributed by atoms with E-state index in [2.05, 4.69) is 36.6 Å². The number of sulfonamides is 1. The van der Waals surface area contributed by atoms with Crippen molar-refractivity contribution in [1.82, 2.24) is 41.3 Å². The lowest BCUT2D eigenvalue weighted by molar-refractivity contribution is -0.141. The Morgan fingerprint density at radius 1 is 0.808 bits per heavy atom. The van der Waals surface area contributed by atoms with Gasteiger partial charge in [0, 0.05) is 12.4 Å². The maximum absolute atomic E-state index is 13.9. The Labute approximate surface area is 305 Å². The summed E-state index contributed by atoms with van der Waals surface area (Å²) in [7, 11) is -3.88. The predicted octanol–water partition coefficient (Wildman–Crippen LogP) is 0.263. The topological polar surface area (TPSA) is 252 Å². The van der Waals surface area contributed by atoms with Crippen LogP contribution in [0.1, 0.15) is 103 Å². The number of carbonyl (C=O) groups excluding carboxylic acids is 7. The maximum Gasteiger partial charge on any atom is 0.290 e. The van der Waals surface area contributed by atoms with Gasteiger partial charge in [0.1, 0.15) is 23.8 Å². The molecule has 0 bridgehead atoms. The van der Waals surface area contributed by atoms with Gasteiger partial charge in [-0.25, -0.2) is 13.4 Å². The number of amides is 6. The molecule has 52 heavy (non-hydrogen) atoms. The minimum Gasteiger partial charge on any atom is -0.344 e. The molecule has 1 aromatic rings. The van der Waals surface area contributed by atoms with Crippen molar-refractivity contribution in [2.24, 2.45) is 17.8 Å². The molecule has 1 fully saturated rings. The average molecular weight is 751 g/mol. The fourth-order valence-corrected chi connectivity index (χ4v) is 6.32. The number of nitrogens with one attached hydrogen (secondary N) is 6. The van der Waals surface area contributed by atoms with Gasteiger partial charge in [-0.15, -0.1) is 0 Å². The Morgan fingerprint density at radius 3 is 2.00 bits per heavy atom. The molecule has 1 aromatic heterocycles. The smallest absolute Gasteiger partial charge is 0.290 e. The minimum absolute atomic E-state index is 0.000693. The number of carbonyl (C=O) groups is 7. The molecule has 6 N–H and O–H groups in total. The molecular weight excluding hydrogens is 696 g/mol. The molecule has 0 aromatic carbocycles. The fourth-order valence-electron chi connectivity index (χ4n) is 5.83. The van der Waals surface area contributed by atoms with Crippen molar-refractivity contribution in [2.45, 2.75) is 117 Å². The lowest BCUT2D eigenvalue weighted by atomic mass is 9.84. The first-order chi connectivity index (χ1) is 24.4. The highest BCUT2D eigenvalue weighted by Crippen LogP contribution is 2.27. The summed E-state index contributed by atoms with van der Waals surface area (Å²) in [6.07, 6.45) is 10.4. The zero-order chi connectivity index (χ0) is 39.0. The Kier molecular flexibility index (Phi) is 17.8. The zero-order valence-corrected chi connectivity index (χ0v) is 31.6. The van der Waals surface area contributed by atoms with Crippen molar-refractivity contribution >= 4 is 51.2 Å². The van der Waals surface area contributed by atoms with Crippen molar-refractivity contribution in [3.05, 3.63) is 24.3 Å². The third kappa shape index (κ3) is 15.0. The van der Waals surface area contributed by atoms with Gasteiger partial charge in [-0.1, -0.05) is 73.1 Å². The van der Waals surface area contributed by atoms with E-state index in [9.17, 15) is 42.0 Å². The van der Waals surface area contributed by atoms with Crippen LogP contribution >= 0.6 is 0 Å². The van der Waals surface area contributed by atoms with Crippen molar-refractivity contribution in [2.75, 3.05) is 12.8 Å². The summed E-state index contributed by atoms with van der Waals surface area (Å²) in [5.41, 5.74) is 0.0237. The maximum atomic E-state index is 13.9. The first kappa shape index (κ1) is 43.7. The van der Waals surface area contributed by atoms with Gasteiger partial charge in [-0.2, -0.15) is 0 Å². The van der Waals surface area contributed by atoms with E-state index in [0.717, 1.165) is 38.4 Å². The quantitative estimate of drug-likeness (QED) is 0.0987. The molecule has 0 aliphatic heterocycles. The van der Waals surface area contributed by atoms with Gasteiger partial charge in [-0.05, 0) is 37.0 Å². The highest BCUT2D eigenvalue weighted by atomic mass is 32.2. The number of hydrogen-bond acceptors (Lipinski definition) is 11. The van der Waals surface area contributed by atoms with Crippen LogP contribution in [0.15, 0.2) is 18.6 Å². The second-order valence-corrected chi connectivity index (χ2v) is 15.5. The molecule has 17 nitrogen and oxygen atoms in total. The lowest BCUT2D eigenvalue weighted by Crippen LogP contribution is -2.60. The Bertz CT molecular complexity index is 1520. The van der Waals surface area contributed by atoms with Gasteiger partial charge in [-0.3, -0.25) is 43.3 Å². The number of Topliss-reactive ketones (excluding diaryl/α,β-unsaturated/α-hetero) is 1. The van der Waals surface area contributed by atoms with E-state index < -0.39 is 82.0 Å². The van der Waals surface area contributed by atoms with E-state index >= 15 is 0 Å². The summed E-state index contributed by atoms with van der Waals surface area (Å²) in [6.45, 7) is 8.17. The van der Waals surface area contributed by atoms with Crippen LogP contribution in [0.5, 0.6) is 0 Å². The second-order valence-electron chi connectivity index (χ2n) is 13.7. The van der Waals surface area contributed by atoms with Crippen LogP contribution in [0.3, 0.4) is 0 Å². The van der Waals surface area contributed by atoms with Crippen LogP contribution in [-0.2, 0) is 38.8 Å². The number of nitrogens with zero attached hydrogens (tertiary/aromatic N) is 2. The average Bonchev–Trinajstić information content (AvgIpc) is 3.10.